The van der Waals surface area contributed by atoms with Crippen LogP contribution in [0.5, 0.6) is 0 Å². The van der Waals surface area contributed by atoms with Gasteiger partial charge in [0, 0.05) is 23.6 Å². The van der Waals surface area contributed by atoms with Crippen LogP contribution in [0.2, 0.25) is 5.02 Å². The molecule has 0 bridgehead atoms. The molecule has 0 saturated carbocycles. The number of nitrogens with one attached hydrogen (secondary N) is 3. The number of hydrogen-bond donors (Lipinski definition) is 3. The molecule has 34 heavy (non-hydrogen) atoms. The Bertz CT molecular complexity index is 1150. The number of anilines is 3. The Labute approximate surface area is 204 Å². The minimum absolute atomic E-state index is 0.207. The first-order chi connectivity index (χ1) is 16.4. The van der Waals surface area contributed by atoms with Crippen molar-refractivity contribution >= 4 is 46.6 Å². The fourth-order valence-electron chi connectivity index (χ4n) is 3.19. The SMILES string of the molecule is CCCCN(C(=O)Nc1ccc(NC(=O)NC(=O)c2ccccc2Cl)cc1)c1ccc(C)cc1. The molecule has 0 radical (unpaired) electrons. The molecular weight excluding hydrogens is 452 g/mol. The second kappa shape index (κ2) is 11.9. The molecule has 0 aliphatic rings. The molecule has 5 amide bonds. The van der Waals surface area contributed by atoms with Crippen LogP contribution in [0.25, 0.3) is 0 Å². The summed E-state index contributed by atoms with van der Waals surface area (Å²) in [7, 11) is 0. The standard InChI is InChI=1S/C26H27ClN4O3/c1-3-4-17-31(21-15-9-18(2)10-16-21)26(34)29-20-13-11-19(12-14-20)28-25(33)30-24(32)22-7-5-6-8-23(22)27/h5-16H,3-4,17H2,1-2H3,(H,29,34)(H2,28,30,32,33). The first kappa shape index (κ1) is 24.8. The van der Waals surface area contributed by atoms with Gasteiger partial charge in [0.25, 0.3) is 5.91 Å². The van der Waals surface area contributed by atoms with E-state index in [0.717, 1.165) is 24.1 Å². The molecule has 0 spiro atoms. The van der Waals surface area contributed by atoms with Crippen LogP contribution in [-0.4, -0.2) is 24.5 Å². The van der Waals surface area contributed by atoms with Gasteiger partial charge in [-0.2, -0.15) is 0 Å². The van der Waals surface area contributed by atoms with Crippen LogP contribution in [0.1, 0.15) is 35.7 Å². The molecule has 3 N–H and O–H groups in total. The lowest BCUT2D eigenvalue weighted by Crippen LogP contribution is -2.35. The molecule has 3 aromatic carbocycles. The highest BCUT2D eigenvalue weighted by atomic mass is 35.5. The average molecular weight is 479 g/mol. The maximum Gasteiger partial charge on any atom is 0.326 e. The first-order valence-corrected chi connectivity index (χ1v) is 11.4. The van der Waals surface area contributed by atoms with Crippen molar-refractivity contribution in [3.63, 3.8) is 0 Å². The second-order valence-electron chi connectivity index (χ2n) is 7.74. The van der Waals surface area contributed by atoms with Crippen molar-refractivity contribution in [1.29, 1.82) is 0 Å². The zero-order chi connectivity index (χ0) is 24.5. The van der Waals surface area contributed by atoms with Gasteiger partial charge in [-0.3, -0.25) is 15.0 Å². The van der Waals surface area contributed by atoms with E-state index in [4.69, 9.17) is 11.6 Å². The summed E-state index contributed by atoms with van der Waals surface area (Å²) in [6, 6.07) is 20.0. The predicted octanol–water partition coefficient (Wildman–Crippen LogP) is 6.45. The normalized spacial score (nSPS) is 10.3. The van der Waals surface area contributed by atoms with Crippen molar-refractivity contribution in [3.05, 3.63) is 88.9 Å². The fourth-order valence-corrected chi connectivity index (χ4v) is 3.42. The predicted molar refractivity (Wildman–Crippen MR) is 137 cm³/mol. The second-order valence-corrected chi connectivity index (χ2v) is 8.14. The van der Waals surface area contributed by atoms with Gasteiger partial charge in [-0.15, -0.1) is 0 Å². The number of hydrogen-bond acceptors (Lipinski definition) is 3. The summed E-state index contributed by atoms with van der Waals surface area (Å²) >= 11 is 5.99. The van der Waals surface area contributed by atoms with Gasteiger partial charge < -0.3 is 10.6 Å². The molecule has 3 aromatic rings. The van der Waals surface area contributed by atoms with Gasteiger partial charge in [0.05, 0.1) is 10.6 Å². The fraction of sp³-hybridized carbons (Fsp3) is 0.192. The van der Waals surface area contributed by atoms with Crippen LogP contribution in [0.3, 0.4) is 0 Å². The lowest BCUT2D eigenvalue weighted by Gasteiger charge is -2.23. The maximum absolute atomic E-state index is 12.9. The van der Waals surface area contributed by atoms with E-state index in [9.17, 15) is 14.4 Å². The number of aryl methyl sites for hydroxylation is 1. The largest absolute Gasteiger partial charge is 0.326 e. The Morgan fingerprint density at radius 1 is 0.853 bits per heavy atom. The Hall–Kier alpha value is -3.84. The van der Waals surface area contributed by atoms with Gasteiger partial charge in [0.1, 0.15) is 0 Å². The van der Waals surface area contributed by atoms with Gasteiger partial charge in [0.2, 0.25) is 0 Å². The molecule has 176 valence electrons. The van der Waals surface area contributed by atoms with Crippen molar-refractivity contribution in [1.82, 2.24) is 5.32 Å². The molecule has 0 saturated heterocycles. The molecule has 8 heteroatoms. The van der Waals surface area contributed by atoms with Crippen LogP contribution in [0.15, 0.2) is 72.8 Å². The number of urea groups is 2. The summed E-state index contributed by atoms with van der Waals surface area (Å²) in [6.45, 7) is 4.68. The number of carbonyl (C=O) groups is 3. The summed E-state index contributed by atoms with van der Waals surface area (Å²) in [5.74, 6) is -0.602. The molecular formula is C26H27ClN4O3. The van der Waals surface area contributed by atoms with E-state index in [-0.39, 0.29) is 16.6 Å². The molecule has 0 aliphatic heterocycles. The summed E-state index contributed by atoms with van der Waals surface area (Å²) in [6.07, 6.45) is 1.85. The van der Waals surface area contributed by atoms with Crippen LogP contribution >= 0.6 is 11.6 Å². The zero-order valence-corrected chi connectivity index (χ0v) is 19.9. The number of halogens is 1. The molecule has 0 aromatic heterocycles. The Morgan fingerprint density at radius 2 is 1.47 bits per heavy atom. The summed E-state index contributed by atoms with van der Waals surface area (Å²) in [5, 5.41) is 7.98. The zero-order valence-electron chi connectivity index (χ0n) is 19.1. The molecule has 0 heterocycles. The number of rotatable bonds is 7. The van der Waals surface area contributed by atoms with Crippen LogP contribution in [0.4, 0.5) is 26.7 Å². The number of nitrogens with zero attached hydrogens (tertiary/aromatic N) is 1. The summed E-state index contributed by atoms with van der Waals surface area (Å²) in [5.41, 5.74) is 3.20. The van der Waals surface area contributed by atoms with Gasteiger partial charge in [-0.05, 0) is 61.9 Å². The lowest BCUT2D eigenvalue weighted by atomic mass is 10.2. The van der Waals surface area contributed by atoms with Crippen molar-refractivity contribution in [3.8, 4) is 0 Å². The van der Waals surface area contributed by atoms with Crippen molar-refractivity contribution in [2.75, 3.05) is 22.1 Å². The van der Waals surface area contributed by atoms with Crippen LogP contribution < -0.4 is 20.9 Å². The van der Waals surface area contributed by atoms with E-state index in [1.807, 2.05) is 31.2 Å². The van der Waals surface area contributed by atoms with Crippen LogP contribution in [-0.2, 0) is 0 Å². The minimum atomic E-state index is -0.688. The summed E-state index contributed by atoms with van der Waals surface area (Å²) < 4.78 is 0. The van der Waals surface area contributed by atoms with Gasteiger partial charge in [-0.25, -0.2) is 9.59 Å². The first-order valence-electron chi connectivity index (χ1n) is 11.0. The quantitative estimate of drug-likeness (QED) is 0.364. The van der Waals surface area contributed by atoms with Gasteiger partial charge >= 0.3 is 12.1 Å². The van der Waals surface area contributed by atoms with E-state index < -0.39 is 11.9 Å². The van der Waals surface area contributed by atoms with E-state index in [1.165, 1.54) is 6.07 Å². The minimum Gasteiger partial charge on any atom is -0.308 e. The number of benzene rings is 3. The highest BCUT2D eigenvalue weighted by Gasteiger charge is 2.16. The van der Waals surface area contributed by atoms with Crippen molar-refractivity contribution in [2.45, 2.75) is 26.7 Å². The number of amides is 5. The molecule has 7 nitrogen and oxygen atoms in total. The molecule has 0 unspecified atom stereocenters. The number of carbonyl (C=O) groups excluding carboxylic acids is 3. The summed E-state index contributed by atoms with van der Waals surface area (Å²) in [4.78, 5) is 39.0. The van der Waals surface area contributed by atoms with E-state index in [1.54, 1.807) is 47.4 Å². The van der Waals surface area contributed by atoms with E-state index in [2.05, 4.69) is 22.9 Å². The van der Waals surface area contributed by atoms with Gasteiger partial charge in [0.15, 0.2) is 0 Å². The molecule has 0 fully saturated rings. The van der Waals surface area contributed by atoms with Gasteiger partial charge in [-0.1, -0.05) is 54.8 Å². The Kier molecular flexibility index (Phi) is 8.65. The van der Waals surface area contributed by atoms with Crippen LogP contribution in [0, 0.1) is 6.92 Å². The molecule has 3 rings (SSSR count). The van der Waals surface area contributed by atoms with Crippen molar-refractivity contribution in [2.24, 2.45) is 0 Å². The highest BCUT2D eigenvalue weighted by Crippen LogP contribution is 2.20. The monoisotopic (exact) mass is 478 g/mol. The molecule has 0 aliphatic carbocycles. The van der Waals surface area contributed by atoms with E-state index in [0.29, 0.717) is 17.9 Å². The third-order valence-corrected chi connectivity index (χ3v) is 5.40. The maximum atomic E-state index is 12.9. The average Bonchev–Trinajstić information content (AvgIpc) is 2.82. The molecule has 0 atom stereocenters. The third kappa shape index (κ3) is 6.83. The Balaban J connectivity index is 1.60. The van der Waals surface area contributed by atoms with E-state index >= 15 is 0 Å². The Morgan fingerprint density at radius 3 is 2.09 bits per heavy atom. The number of imide groups is 1. The smallest absolute Gasteiger partial charge is 0.308 e. The number of unbranched alkanes of at least 4 members (excludes halogenated alkanes) is 1. The topological polar surface area (TPSA) is 90.5 Å². The van der Waals surface area contributed by atoms with Crippen molar-refractivity contribution < 1.29 is 14.4 Å². The highest BCUT2D eigenvalue weighted by molar-refractivity contribution is 6.34. The lowest BCUT2D eigenvalue weighted by molar-refractivity contribution is 0.0967. The third-order valence-electron chi connectivity index (χ3n) is 5.07.